The van der Waals surface area contributed by atoms with Gasteiger partial charge in [-0.25, -0.2) is 4.79 Å². The lowest BCUT2D eigenvalue weighted by atomic mass is 10.1. The van der Waals surface area contributed by atoms with E-state index >= 15 is 0 Å². The van der Waals surface area contributed by atoms with E-state index in [0.29, 0.717) is 11.1 Å². The van der Waals surface area contributed by atoms with Crippen LogP contribution < -0.4 is 0 Å². The van der Waals surface area contributed by atoms with Gasteiger partial charge >= 0.3 is 5.97 Å². The van der Waals surface area contributed by atoms with E-state index in [1.165, 1.54) is 12.1 Å². The molecular weight excluding hydrogens is 306 g/mol. The Kier molecular flexibility index (Phi) is 5.63. The zero-order valence-electron chi connectivity index (χ0n) is 13.2. The molecule has 1 atom stereocenters. The van der Waals surface area contributed by atoms with Gasteiger partial charge in [0.2, 0.25) is 0 Å². The highest BCUT2D eigenvalue weighted by molar-refractivity contribution is 5.89. The predicted octanol–water partition coefficient (Wildman–Crippen LogP) is 4.41. The number of nitro benzene ring substituents is 1. The van der Waals surface area contributed by atoms with E-state index in [1.54, 1.807) is 55.5 Å². The van der Waals surface area contributed by atoms with Crippen LogP contribution in [0.3, 0.4) is 0 Å². The van der Waals surface area contributed by atoms with Crippen LogP contribution in [0.1, 0.15) is 22.8 Å². The minimum Gasteiger partial charge on any atom is -0.454 e. The number of nitro groups is 1. The van der Waals surface area contributed by atoms with Crippen LogP contribution in [0.25, 0.3) is 6.08 Å². The fourth-order valence-corrected chi connectivity index (χ4v) is 1.92. The second kappa shape index (κ2) is 7.87. The van der Waals surface area contributed by atoms with Gasteiger partial charge in [-0.1, -0.05) is 36.9 Å². The van der Waals surface area contributed by atoms with Crippen molar-refractivity contribution in [2.75, 3.05) is 0 Å². The maximum atomic E-state index is 12.0. The van der Waals surface area contributed by atoms with Crippen LogP contribution in [0.2, 0.25) is 0 Å². The lowest BCUT2D eigenvalue weighted by Crippen LogP contribution is -2.16. The number of nitrogens with zero attached hydrogens (tertiary/aromatic N) is 1. The molecule has 0 aliphatic rings. The molecule has 5 heteroatoms. The summed E-state index contributed by atoms with van der Waals surface area (Å²) < 4.78 is 5.36. The highest BCUT2D eigenvalue weighted by Crippen LogP contribution is 2.15. The van der Waals surface area contributed by atoms with Crippen LogP contribution in [-0.2, 0) is 4.74 Å². The first-order valence-electron chi connectivity index (χ1n) is 7.35. The van der Waals surface area contributed by atoms with Crippen molar-refractivity contribution in [3.63, 3.8) is 0 Å². The van der Waals surface area contributed by atoms with E-state index in [0.717, 1.165) is 5.56 Å². The zero-order valence-corrected chi connectivity index (χ0v) is 13.2. The Labute approximate surface area is 140 Å². The van der Waals surface area contributed by atoms with Gasteiger partial charge in [-0.3, -0.25) is 10.1 Å². The van der Waals surface area contributed by atoms with Crippen LogP contribution in [-0.4, -0.2) is 17.0 Å². The molecule has 0 aliphatic heterocycles. The molecule has 0 aromatic heterocycles. The summed E-state index contributed by atoms with van der Waals surface area (Å²) >= 11 is 0. The molecule has 0 radical (unpaired) electrons. The minimum atomic E-state index is -0.480. The van der Waals surface area contributed by atoms with E-state index in [-0.39, 0.29) is 5.69 Å². The summed E-state index contributed by atoms with van der Waals surface area (Å²) in [6.45, 7) is 5.63. The Morgan fingerprint density at radius 2 is 1.79 bits per heavy atom. The van der Waals surface area contributed by atoms with E-state index in [2.05, 4.69) is 6.58 Å². The SMILES string of the molecule is C=C(/C=C/c1ccc([N+](=O)[O-])cc1)C(C)OC(=O)c1ccccc1. The third-order valence-corrected chi connectivity index (χ3v) is 3.41. The summed E-state index contributed by atoms with van der Waals surface area (Å²) in [5.41, 5.74) is 1.94. The van der Waals surface area contributed by atoms with Crippen molar-refractivity contribution in [2.24, 2.45) is 0 Å². The summed E-state index contributed by atoms with van der Waals surface area (Å²) in [4.78, 5) is 22.1. The molecule has 2 rings (SSSR count). The highest BCUT2D eigenvalue weighted by Gasteiger charge is 2.12. The van der Waals surface area contributed by atoms with Crippen LogP contribution in [0.4, 0.5) is 5.69 Å². The largest absolute Gasteiger partial charge is 0.454 e. The third-order valence-electron chi connectivity index (χ3n) is 3.41. The molecule has 24 heavy (non-hydrogen) atoms. The first-order chi connectivity index (χ1) is 11.5. The number of rotatable bonds is 6. The van der Waals surface area contributed by atoms with E-state index < -0.39 is 17.0 Å². The van der Waals surface area contributed by atoms with Crippen LogP contribution in [0, 0.1) is 10.1 Å². The van der Waals surface area contributed by atoms with Gasteiger partial charge in [-0.15, -0.1) is 0 Å². The Morgan fingerprint density at radius 3 is 2.38 bits per heavy atom. The quantitative estimate of drug-likeness (QED) is 0.342. The first-order valence-corrected chi connectivity index (χ1v) is 7.35. The molecule has 1 unspecified atom stereocenters. The van der Waals surface area contributed by atoms with Crippen molar-refractivity contribution in [1.29, 1.82) is 0 Å². The maximum Gasteiger partial charge on any atom is 0.338 e. The molecule has 0 saturated carbocycles. The normalized spacial score (nSPS) is 11.9. The summed E-state index contributed by atoms with van der Waals surface area (Å²) in [5.74, 6) is -0.409. The molecule has 0 N–H and O–H groups in total. The molecule has 0 fully saturated rings. The van der Waals surface area contributed by atoms with Crippen molar-refractivity contribution < 1.29 is 14.5 Å². The molecular formula is C19H17NO4. The molecule has 5 nitrogen and oxygen atoms in total. The van der Waals surface area contributed by atoms with Gasteiger partial charge < -0.3 is 4.74 Å². The van der Waals surface area contributed by atoms with Crippen LogP contribution >= 0.6 is 0 Å². The summed E-state index contributed by atoms with van der Waals surface area (Å²) in [7, 11) is 0. The minimum absolute atomic E-state index is 0.0381. The number of carbonyl (C=O) groups excluding carboxylic acids is 1. The standard InChI is InChI=1S/C19H17NO4/c1-14(8-9-16-10-12-18(13-11-16)20(22)23)15(2)24-19(21)17-6-4-3-5-7-17/h3-13,15H,1H2,2H3/b9-8+. The summed E-state index contributed by atoms with van der Waals surface area (Å²) in [5, 5.41) is 10.6. The molecule has 0 saturated heterocycles. The second-order valence-corrected chi connectivity index (χ2v) is 5.17. The molecule has 2 aromatic rings. The molecule has 0 heterocycles. The molecule has 2 aromatic carbocycles. The molecule has 0 aliphatic carbocycles. The van der Waals surface area contributed by atoms with Gasteiger partial charge in [-0.2, -0.15) is 0 Å². The molecule has 122 valence electrons. The number of benzene rings is 2. The van der Waals surface area contributed by atoms with Gasteiger partial charge in [-0.05, 0) is 42.3 Å². The fourth-order valence-electron chi connectivity index (χ4n) is 1.92. The van der Waals surface area contributed by atoms with Crippen LogP contribution in [0.5, 0.6) is 0 Å². The average Bonchev–Trinajstić information content (AvgIpc) is 2.60. The van der Waals surface area contributed by atoms with E-state index in [1.807, 2.05) is 6.07 Å². The van der Waals surface area contributed by atoms with Crippen LogP contribution in [0.15, 0.2) is 72.8 Å². The topological polar surface area (TPSA) is 69.4 Å². The van der Waals surface area contributed by atoms with Crippen molar-refractivity contribution in [3.05, 3.63) is 94.1 Å². The van der Waals surface area contributed by atoms with Crippen molar-refractivity contribution in [3.8, 4) is 0 Å². The molecule has 0 bridgehead atoms. The molecule has 0 spiro atoms. The van der Waals surface area contributed by atoms with Crippen molar-refractivity contribution in [1.82, 2.24) is 0 Å². The Bertz CT molecular complexity index is 764. The Morgan fingerprint density at radius 1 is 1.17 bits per heavy atom. The number of hydrogen-bond donors (Lipinski definition) is 0. The maximum absolute atomic E-state index is 12.0. The number of non-ortho nitro benzene ring substituents is 1. The van der Waals surface area contributed by atoms with Gasteiger partial charge in [0, 0.05) is 12.1 Å². The first kappa shape index (κ1) is 17.1. The van der Waals surface area contributed by atoms with E-state index in [9.17, 15) is 14.9 Å². The second-order valence-electron chi connectivity index (χ2n) is 5.17. The third kappa shape index (κ3) is 4.64. The lowest BCUT2D eigenvalue weighted by molar-refractivity contribution is -0.384. The Balaban J connectivity index is 1.95. The molecule has 0 amide bonds. The smallest absolute Gasteiger partial charge is 0.338 e. The number of carbonyl (C=O) groups is 1. The van der Waals surface area contributed by atoms with Gasteiger partial charge in [0.25, 0.3) is 5.69 Å². The fraction of sp³-hybridized carbons (Fsp3) is 0.105. The zero-order chi connectivity index (χ0) is 17.5. The Hall–Kier alpha value is -3.21. The lowest BCUT2D eigenvalue weighted by Gasteiger charge is -2.13. The number of esters is 1. The summed E-state index contributed by atoms with van der Waals surface area (Å²) in [6, 6.07) is 14.9. The average molecular weight is 323 g/mol. The monoisotopic (exact) mass is 323 g/mol. The van der Waals surface area contributed by atoms with Gasteiger partial charge in [0.1, 0.15) is 6.10 Å². The number of hydrogen-bond acceptors (Lipinski definition) is 4. The highest BCUT2D eigenvalue weighted by atomic mass is 16.6. The van der Waals surface area contributed by atoms with Crippen molar-refractivity contribution >= 4 is 17.7 Å². The van der Waals surface area contributed by atoms with Crippen molar-refractivity contribution in [2.45, 2.75) is 13.0 Å². The van der Waals surface area contributed by atoms with Gasteiger partial charge in [0.15, 0.2) is 0 Å². The number of ether oxygens (including phenoxy) is 1. The summed E-state index contributed by atoms with van der Waals surface area (Å²) in [6.07, 6.45) is 3.01. The van der Waals surface area contributed by atoms with E-state index in [4.69, 9.17) is 4.74 Å². The van der Waals surface area contributed by atoms with Gasteiger partial charge in [0.05, 0.1) is 10.5 Å². The predicted molar refractivity (Wildman–Crippen MR) is 92.6 cm³/mol.